The SMILES string of the molecule is N#CC1(n2cc(CC3(C(N)=O)CCCCC3)nn2)CC1. The first kappa shape index (κ1) is 13.1. The summed E-state index contributed by atoms with van der Waals surface area (Å²) in [7, 11) is 0. The molecule has 20 heavy (non-hydrogen) atoms. The van der Waals surface area contributed by atoms with Gasteiger partial charge in [-0.2, -0.15) is 5.26 Å². The van der Waals surface area contributed by atoms with E-state index in [2.05, 4.69) is 16.4 Å². The Morgan fingerprint density at radius 1 is 1.35 bits per heavy atom. The topological polar surface area (TPSA) is 97.6 Å². The fraction of sp³-hybridized carbons (Fsp3) is 0.714. The van der Waals surface area contributed by atoms with E-state index in [0.29, 0.717) is 6.42 Å². The van der Waals surface area contributed by atoms with Gasteiger partial charge in [0.1, 0.15) is 0 Å². The van der Waals surface area contributed by atoms with Crippen LogP contribution in [0.1, 0.15) is 50.6 Å². The van der Waals surface area contributed by atoms with E-state index >= 15 is 0 Å². The standard InChI is InChI=1S/C14H19N5O/c15-10-14(6-7-14)19-9-11(17-18-19)8-13(12(16)20)4-2-1-3-5-13/h9H,1-8H2,(H2,16,20). The number of primary amides is 1. The lowest BCUT2D eigenvalue weighted by atomic mass is 9.70. The van der Waals surface area contributed by atoms with E-state index in [1.165, 1.54) is 6.42 Å². The van der Waals surface area contributed by atoms with E-state index in [4.69, 9.17) is 11.0 Å². The Morgan fingerprint density at radius 2 is 2.05 bits per heavy atom. The van der Waals surface area contributed by atoms with E-state index in [0.717, 1.165) is 44.2 Å². The monoisotopic (exact) mass is 273 g/mol. The maximum atomic E-state index is 11.9. The van der Waals surface area contributed by atoms with Crippen molar-refractivity contribution >= 4 is 5.91 Å². The summed E-state index contributed by atoms with van der Waals surface area (Å²) in [5.41, 5.74) is 5.45. The molecule has 6 nitrogen and oxygen atoms in total. The zero-order valence-electron chi connectivity index (χ0n) is 11.5. The summed E-state index contributed by atoms with van der Waals surface area (Å²) in [5, 5.41) is 17.4. The van der Waals surface area contributed by atoms with Crippen molar-refractivity contribution in [3.8, 4) is 6.07 Å². The molecule has 3 rings (SSSR count). The van der Waals surface area contributed by atoms with Crippen molar-refractivity contribution in [1.29, 1.82) is 5.26 Å². The van der Waals surface area contributed by atoms with Gasteiger partial charge in [0.05, 0.1) is 23.4 Å². The van der Waals surface area contributed by atoms with E-state index in [9.17, 15) is 4.79 Å². The fourth-order valence-corrected chi connectivity index (χ4v) is 3.18. The van der Waals surface area contributed by atoms with Crippen molar-refractivity contribution in [2.75, 3.05) is 0 Å². The molecule has 0 saturated heterocycles. The van der Waals surface area contributed by atoms with Gasteiger partial charge < -0.3 is 5.73 Å². The number of carbonyl (C=O) groups is 1. The van der Waals surface area contributed by atoms with Gasteiger partial charge in [0.25, 0.3) is 0 Å². The third-order valence-electron chi connectivity index (χ3n) is 4.76. The molecular weight excluding hydrogens is 254 g/mol. The van der Waals surface area contributed by atoms with Crippen LogP contribution < -0.4 is 5.73 Å². The molecule has 0 spiro atoms. The Morgan fingerprint density at radius 3 is 2.60 bits per heavy atom. The second-order valence-corrected chi connectivity index (χ2v) is 6.18. The van der Waals surface area contributed by atoms with Gasteiger partial charge >= 0.3 is 0 Å². The number of nitrogens with zero attached hydrogens (tertiary/aromatic N) is 4. The molecule has 2 N–H and O–H groups in total. The number of hydrogen-bond acceptors (Lipinski definition) is 4. The number of nitrogens with two attached hydrogens (primary N) is 1. The summed E-state index contributed by atoms with van der Waals surface area (Å²) in [5.74, 6) is -0.229. The van der Waals surface area contributed by atoms with Crippen molar-refractivity contribution in [2.45, 2.75) is 56.9 Å². The zero-order valence-corrected chi connectivity index (χ0v) is 11.5. The van der Waals surface area contributed by atoms with Crippen molar-refractivity contribution in [3.63, 3.8) is 0 Å². The molecule has 0 atom stereocenters. The van der Waals surface area contributed by atoms with Crippen molar-refractivity contribution in [2.24, 2.45) is 11.1 Å². The number of nitriles is 1. The van der Waals surface area contributed by atoms with Gasteiger partial charge in [-0.1, -0.05) is 24.5 Å². The fourth-order valence-electron chi connectivity index (χ4n) is 3.18. The molecule has 2 fully saturated rings. The van der Waals surface area contributed by atoms with Crippen LogP contribution in [0, 0.1) is 16.7 Å². The predicted octanol–water partition coefficient (Wildman–Crippen LogP) is 1.27. The maximum absolute atomic E-state index is 11.9. The van der Waals surface area contributed by atoms with E-state index in [1.807, 2.05) is 6.20 Å². The van der Waals surface area contributed by atoms with Gasteiger partial charge in [0.2, 0.25) is 5.91 Å². The minimum absolute atomic E-state index is 0.229. The Hall–Kier alpha value is -1.90. The molecule has 6 heteroatoms. The van der Waals surface area contributed by atoms with Gasteiger partial charge in [0.15, 0.2) is 5.54 Å². The Labute approximate surface area is 117 Å². The first-order valence-electron chi connectivity index (χ1n) is 7.23. The van der Waals surface area contributed by atoms with Crippen LogP contribution in [0.3, 0.4) is 0 Å². The molecule has 1 aromatic heterocycles. The molecule has 106 valence electrons. The quantitative estimate of drug-likeness (QED) is 0.893. The highest BCUT2D eigenvalue weighted by Crippen LogP contribution is 2.43. The van der Waals surface area contributed by atoms with Crippen LogP contribution >= 0.6 is 0 Å². The molecule has 1 amide bonds. The number of hydrogen-bond donors (Lipinski definition) is 1. The van der Waals surface area contributed by atoms with Gasteiger partial charge in [0, 0.05) is 6.42 Å². The van der Waals surface area contributed by atoms with Crippen LogP contribution in [0.25, 0.3) is 0 Å². The highest BCUT2D eigenvalue weighted by atomic mass is 16.1. The van der Waals surface area contributed by atoms with E-state index in [1.54, 1.807) is 4.68 Å². The Balaban J connectivity index is 1.80. The van der Waals surface area contributed by atoms with Crippen LogP contribution in [0.5, 0.6) is 0 Å². The Kier molecular flexibility index (Phi) is 3.00. The summed E-state index contributed by atoms with van der Waals surface area (Å²) >= 11 is 0. The zero-order chi connectivity index (χ0) is 14.2. The summed E-state index contributed by atoms with van der Waals surface area (Å²) in [4.78, 5) is 11.9. The molecule has 0 aliphatic heterocycles. The van der Waals surface area contributed by atoms with Gasteiger partial charge in [-0.3, -0.25) is 4.79 Å². The molecule has 2 aliphatic rings. The van der Waals surface area contributed by atoms with E-state index in [-0.39, 0.29) is 5.91 Å². The molecule has 0 bridgehead atoms. The average molecular weight is 273 g/mol. The van der Waals surface area contributed by atoms with Crippen molar-refractivity contribution in [3.05, 3.63) is 11.9 Å². The molecule has 1 aromatic rings. The van der Waals surface area contributed by atoms with E-state index < -0.39 is 11.0 Å². The van der Waals surface area contributed by atoms with Gasteiger partial charge in [-0.15, -0.1) is 5.10 Å². The van der Waals surface area contributed by atoms with Crippen molar-refractivity contribution in [1.82, 2.24) is 15.0 Å². The highest BCUT2D eigenvalue weighted by Gasteiger charge is 2.47. The number of aromatic nitrogens is 3. The Bertz CT molecular complexity index is 560. The van der Waals surface area contributed by atoms with Gasteiger partial charge in [-0.05, 0) is 25.7 Å². The molecule has 0 aromatic carbocycles. The van der Waals surface area contributed by atoms with Crippen LogP contribution in [-0.2, 0) is 16.8 Å². The lowest BCUT2D eigenvalue weighted by molar-refractivity contribution is -0.129. The smallest absolute Gasteiger partial charge is 0.224 e. The predicted molar refractivity (Wildman–Crippen MR) is 71.3 cm³/mol. The minimum Gasteiger partial charge on any atom is -0.369 e. The second kappa shape index (κ2) is 4.58. The number of carbonyl (C=O) groups excluding carboxylic acids is 1. The summed E-state index contributed by atoms with van der Waals surface area (Å²) in [6.45, 7) is 0. The molecule has 2 saturated carbocycles. The number of rotatable bonds is 4. The third-order valence-corrected chi connectivity index (χ3v) is 4.76. The van der Waals surface area contributed by atoms with Crippen molar-refractivity contribution < 1.29 is 4.79 Å². The van der Waals surface area contributed by atoms with Crippen LogP contribution in [0.4, 0.5) is 0 Å². The summed E-state index contributed by atoms with van der Waals surface area (Å²) in [6.07, 6.45) is 8.93. The lowest BCUT2D eigenvalue weighted by Gasteiger charge is -2.33. The highest BCUT2D eigenvalue weighted by molar-refractivity contribution is 5.81. The number of amides is 1. The molecular formula is C14H19N5O. The molecule has 1 heterocycles. The van der Waals surface area contributed by atoms with Crippen LogP contribution in [0.2, 0.25) is 0 Å². The molecule has 0 radical (unpaired) electrons. The van der Waals surface area contributed by atoms with Crippen LogP contribution in [0.15, 0.2) is 6.20 Å². The second-order valence-electron chi connectivity index (χ2n) is 6.18. The third kappa shape index (κ3) is 2.07. The molecule has 2 aliphatic carbocycles. The normalized spacial score (nSPS) is 22.9. The maximum Gasteiger partial charge on any atom is 0.224 e. The largest absolute Gasteiger partial charge is 0.369 e. The van der Waals surface area contributed by atoms with Gasteiger partial charge in [-0.25, -0.2) is 4.68 Å². The first-order chi connectivity index (χ1) is 9.60. The minimum atomic E-state index is -0.488. The summed E-state index contributed by atoms with van der Waals surface area (Å²) < 4.78 is 1.65. The van der Waals surface area contributed by atoms with Crippen LogP contribution in [-0.4, -0.2) is 20.9 Å². The lowest BCUT2D eigenvalue weighted by Crippen LogP contribution is -2.40. The molecule has 0 unspecified atom stereocenters. The first-order valence-corrected chi connectivity index (χ1v) is 7.23. The average Bonchev–Trinajstić information content (AvgIpc) is 3.13. The summed E-state index contributed by atoms with van der Waals surface area (Å²) in [6, 6.07) is 2.29.